The summed E-state index contributed by atoms with van der Waals surface area (Å²) in [7, 11) is 0. The van der Waals surface area contributed by atoms with Crippen molar-refractivity contribution < 1.29 is 9.53 Å². The van der Waals surface area contributed by atoms with Crippen molar-refractivity contribution in [2.24, 2.45) is 11.7 Å². The van der Waals surface area contributed by atoms with Crippen molar-refractivity contribution in [2.45, 2.75) is 19.3 Å². The Morgan fingerprint density at radius 3 is 3.08 bits per heavy atom. The average molecular weight is 186 g/mol. The van der Waals surface area contributed by atoms with Crippen LogP contribution < -0.4 is 11.1 Å². The molecule has 0 bridgehead atoms. The third-order valence-corrected chi connectivity index (χ3v) is 2.21. The lowest BCUT2D eigenvalue weighted by Gasteiger charge is -2.21. The summed E-state index contributed by atoms with van der Waals surface area (Å²) in [5.74, 6) is 0.180. The predicted molar refractivity (Wildman–Crippen MR) is 50.2 cm³/mol. The topological polar surface area (TPSA) is 64.3 Å². The van der Waals surface area contributed by atoms with Crippen LogP contribution in [0.25, 0.3) is 0 Å². The first kappa shape index (κ1) is 10.5. The van der Waals surface area contributed by atoms with Gasteiger partial charge < -0.3 is 15.8 Å². The molecule has 0 aromatic carbocycles. The fraction of sp³-hybridized carbons (Fsp3) is 0.889. The molecule has 1 fully saturated rings. The van der Waals surface area contributed by atoms with Gasteiger partial charge in [-0.05, 0) is 25.8 Å². The minimum atomic E-state index is 0.0616. The molecular formula is C9H18N2O2. The number of amides is 1. The van der Waals surface area contributed by atoms with Gasteiger partial charge in [0.2, 0.25) is 5.91 Å². The van der Waals surface area contributed by atoms with E-state index in [0.717, 1.165) is 25.9 Å². The standard InChI is InChI=1S/C9H18N2O2/c10-4-2-5-11-9(12)8-3-1-6-13-7-8/h8H,1-7,10H2,(H,11,12). The van der Waals surface area contributed by atoms with Crippen LogP contribution in [-0.4, -0.2) is 32.2 Å². The molecule has 4 nitrogen and oxygen atoms in total. The van der Waals surface area contributed by atoms with E-state index >= 15 is 0 Å². The highest BCUT2D eigenvalue weighted by atomic mass is 16.5. The van der Waals surface area contributed by atoms with Gasteiger partial charge in [-0.25, -0.2) is 0 Å². The molecule has 1 atom stereocenters. The van der Waals surface area contributed by atoms with Crippen molar-refractivity contribution in [3.63, 3.8) is 0 Å². The Labute approximate surface area is 78.8 Å². The SMILES string of the molecule is NCCCNC(=O)C1CCCOC1. The number of hydrogen-bond donors (Lipinski definition) is 2. The van der Waals surface area contributed by atoms with Crippen molar-refractivity contribution in [1.82, 2.24) is 5.32 Å². The molecule has 1 amide bonds. The van der Waals surface area contributed by atoms with Gasteiger partial charge >= 0.3 is 0 Å². The lowest BCUT2D eigenvalue weighted by atomic mass is 10.0. The Morgan fingerprint density at radius 1 is 1.62 bits per heavy atom. The van der Waals surface area contributed by atoms with E-state index < -0.39 is 0 Å². The van der Waals surface area contributed by atoms with Crippen molar-refractivity contribution >= 4 is 5.91 Å². The van der Waals surface area contributed by atoms with E-state index in [0.29, 0.717) is 19.7 Å². The number of nitrogens with two attached hydrogens (primary N) is 1. The third kappa shape index (κ3) is 3.74. The largest absolute Gasteiger partial charge is 0.381 e. The molecule has 13 heavy (non-hydrogen) atoms. The first-order valence-electron chi connectivity index (χ1n) is 4.90. The molecule has 0 spiro atoms. The van der Waals surface area contributed by atoms with E-state index in [4.69, 9.17) is 10.5 Å². The fourth-order valence-corrected chi connectivity index (χ4v) is 1.41. The van der Waals surface area contributed by atoms with Crippen LogP contribution >= 0.6 is 0 Å². The summed E-state index contributed by atoms with van der Waals surface area (Å²) in [5.41, 5.74) is 5.32. The van der Waals surface area contributed by atoms with Crippen molar-refractivity contribution in [2.75, 3.05) is 26.3 Å². The van der Waals surface area contributed by atoms with Gasteiger partial charge in [-0.1, -0.05) is 0 Å². The Bertz CT molecular complexity index is 156. The quantitative estimate of drug-likeness (QED) is 0.601. The van der Waals surface area contributed by atoms with E-state index in [1.165, 1.54) is 0 Å². The second kappa shape index (κ2) is 5.94. The molecule has 1 heterocycles. The Kier molecular flexibility index (Phi) is 4.78. The minimum Gasteiger partial charge on any atom is -0.381 e. The second-order valence-electron chi connectivity index (χ2n) is 3.35. The van der Waals surface area contributed by atoms with Gasteiger partial charge in [0.1, 0.15) is 0 Å². The number of rotatable bonds is 4. The summed E-state index contributed by atoms with van der Waals surface area (Å²) in [4.78, 5) is 11.4. The molecule has 0 radical (unpaired) electrons. The van der Waals surface area contributed by atoms with E-state index in [1.807, 2.05) is 0 Å². The van der Waals surface area contributed by atoms with E-state index in [1.54, 1.807) is 0 Å². The smallest absolute Gasteiger partial charge is 0.225 e. The number of ether oxygens (including phenoxy) is 1. The molecule has 1 unspecified atom stereocenters. The maximum absolute atomic E-state index is 11.4. The molecule has 3 N–H and O–H groups in total. The van der Waals surface area contributed by atoms with Gasteiger partial charge in [0.05, 0.1) is 12.5 Å². The van der Waals surface area contributed by atoms with Crippen LogP contribution in [0.15, 0.2) is 0 Å². The highest BCUT2D eigenvalue weighted by Crippen LogP contribution is 2.12. The Morgan fingerprint density at radius 2 is 2.46 bits per heavy atom. The predicted octanol–water partition coefficient (Wildman–Crippen LogP) is -0.122. The number of carbonyl (C=O) groups excluding carboxylic acids is 1. The monoisotopic (exact) mass is 186 g/mol. The van der Waals surface area contributed by atoms with Gasteiger partial charge in [0.15, 0.2) is 0 Å². The number of carbonyl (C=O) groups is 1. The second-order valence-corrected chi connectivity index (χ2v) is 3.35. The zero-order valence-corrected chi connectivity index (χ0v) is 7.92. The summed E-state index contributed by atoms with van der Waals surface area (Å²) < 4.78 is 5.22. The molecule has 0 aliphatic carbocycles. The minimum absolute atomic E-state index is 0.0616. The number of nitrogens with one attached hydrogen (secondary N) is 1. The Balaban J connectivity index is 2.13. The summed E-state index contributed by atoms with van der Waals surface area (Å²) in [6.07, 6.45) is 2.79. The molecule has 0 saturated carbocycles. The van der Waals surface area contributed by atoms with Crippen LogP contribution in [0, 0.1) is 5.92 Å². The van der Waals surface area contributed by atoms with Gasteiger partial charge in [-0.15, -0.1) is 0 Å². The first-order valence-corrected chi connectivity index (χ1v) is 4.90. The molecule has 1 aliphatic heterocycles. The molecule has 4 heteroatoms. The van der Waals surface area contributed by atoms with Crippen LogP contribution in [0.4, 0.5) is 0 Å². The van der Waals surface area contributed by atoms with Crippen LogP contribution in [0.5, 0.6) is 0 Å². The van der Waals surface area contributed by atoms with Crippen LogP contribution in [0.1, 0.15) is 19.3 Å². The summed E-state index contributed by atoms with van der Waals surface area (Å²) >= 11 is 0. The van der Waals surface area contributed by atoms with Crippen molar-refractivity contribution in [3.8, 4) is 0 Å². The molecule has 76 valence electrons. The lowest BCUT2D eigenvalue weighted by molar-refractivity contribution is -0.128. The normalized spacial score (nSPS) is 22.7. The number of hydrogen-bond acceptors (Lipinski definition) is 3. The highest BCUT2D eigenvalue weighted by molar-refractivity contribution is 5.78. The maximum Gasteiger partial charge on any atom is 0.225 e. The van der Waals surface area contributed by atoms with Crippen LogP contribution in [-0.2, 0) is 9.53 Å². The maximum atomic E-state index is 11.4. The van der Waals surface area contributed by atoms with Gasteiger partial charge in [-0.2, -0.15) is 0 Å². The molecule has 1 aliphatic rings. The van der Waals surface area contributed by atoms with Crippen molar-refractivity contribution in [1.29, 1.82) is 0 Å². The zero-order valence-electron chi connectivity index (χ0n) is 7.92. The van der Waals surface area contributed by atoms with Gasteiger partial charge in [0.25, 0.3) is 0 Å². The molecule has 0 aromatic rings. The fourth-order valence-electron chi connectivity index (χ4n) is 1.41. The van der Waals surface area contributed by atoms with E-state index in [2.05, 4.69) is 5.32 Å². The summed E-state index contributed by atoms with van der Waals surface area (Å²) in [6.45, 7) is 2.69. The zero-order chi connectivity index (χ0) is 9.52. The third-order valence-electron chi connectivity index (χ3n) is 2.21. The van der Waals surface area contributed by atoms with Gasteiger partial charge in [-0.3, -0.25) is 4.79 Å². The molecule has 1 rings (SSSR count). The van der Waals surface area contributed by atoms with Crippen LogP contribution in [0.3, 0.4) is 0 Å². The molecule has 0 aromatic heterocycles. The summed E-state index contributed by atoms with van der Waals surface area (Å²) in [6, 6.07) is 0. The van der Waals surface area contributed by atoms with E-state index in [-0.39, 0.29) is 11.8 Å². The van der Waals surface area contributed by atoms with E-state index in [9.17, 15) is 4.79 Å². The summed E-state index contributed by atoms with van der Waals surface area (Å²) in [5, 5.41) is 2.85. The highest BCUT2D eigenvalue weighted by Gasteiger charge is 2.20. The van der Waals surface area contributed by atoms with Gasteiger partial charge in [0, 0.05) is 13.2 Å². The average Bonchev–Trinajstić information content (AvgIpc) is 2.19. The lowest BCUT2D eigenvalue weighted by Crippen LogP contribution is -2.36. The molecule has 1 saturated heterocycles. The molecular weight excluding hydrogens is 168 g/mol. The van der Waals surface area contributed by atoms with Crippen molar-refractivity contribution in [3.05, 3.63) is 0 Å². The first-order chi connectivity index (χ1) is 6.34. The Hall–Kier alpha value is -0.610. The van der Waals surface area contributed by atoms with Crippen LogP contribution in [0.2, 0.25) is 0 Å².